The molecule has 1 unspecified atom stereocenters. The molecular weight excluding hydrogens is 257 g/mol. The molecule has 19 heavy (non-hydrogen) atoms. The third kappa shape index (κ3) is 3.70. The smallest absolute Gasteiger partial charge is 0.339 e. The van der Waals surface area contributed by atoms with Crippen LogP contribution in [0.15, 0.2) is 24.3 Å². The molecule has 0 heterocycles. The van der Waals surface area contributed by atoms with Crippen molar-refractivity contribution in [3.8, 4) is 0 Å². The molecule has 0 bridgehead atoms. The molecular formula is C13H17F3N2O. The minimum absolute atomic E-state index is 0.209. The largest absolute Gasteiger partial charge is 0.417 e. The third-order valence-corrected chi connectivity index (χ3v) is 3.03. The first-order chi connectivity index (χ1) is 8.79. The van der Waals surface area contributed by atoms with Crippen LogP contribution in [0.1, 0.15) is 29.3 Å². The fraction of sp³-hybridized carbons (Fsp3) is 0.462. The quantitative estimate of drug-likeness (QED) is 0.917. The van der Waals surface area contributed by atoms with Gasteiger partial charge < -0.3 is 10.6 Å². The molecule has 3 nitrogen and oxygen atoms in total. The Balaban J connectivity index is 3.07. The van der Waals surface area contributed by atoms with Gasteiger partial charge >= 0.3 is 6.18 Å². The molecule has 0 saturated carbocycles. The van der Waals surface area contributed by atoms with Gasteiger partial charge in [0.05, 0.1) is 11.1 Å². The average molecular weight is 274 g/mol. The van der Waals surface area contributed by atoms with E-state index in [1.807, 2.05) is 0 Å². The average Bonchev–Trinajstić information content (AvgIpc) is 2.36. The van der Waals surface area contributed by atoms with E-state index in [0.717, 1.165) is 6.07 Å². The molecule has 0 aliphatic carbocycles. The summed E-state index contributed by atoms with van der Waals surface area (Å²) in [5, 5.41) is 0. The second kappa shape index (κ2) is 6.06. The third-order valence-electron chi connectivity index (χ3n) is 3.03. The molecule has 6 heteroatoms. The molecule has 0 aliphatic rings. The van der Waals surface area contributed by atoms with Crippen LogP contribution in [0.3, 0.4) is 0 Å². The van der Waals surface area contributed by atoms with E-state index < -0.39 is 17.6 Å². The van der Waals surface area contributed by atoms with E-state index in [4.69, 9.17) is 5.73 Å². The summed E-state index contributed by atoms with van der Waals surface area (Å²) in [5.41, 5.74) is 4.14. The Hall–Kier alpha value is -1.56. The highest BCUT2D eigenvalue weighted by Crippen LogP contribution is 2.32. The van der Waals surface area contributed by atoms with Crippen LogP contribution in [0.25, 0.3) is 0 Å². The first-order valence-electron chi connectivity index (χ1n) is 5.92. The summed E-state index contributed by atoms with van der Waals surface area (Å²) in [7, 11) is 1.48. The van der Waals surface area contributed by atoms with Gasteiger partial charge in [-0.1, -0.05) is 12.1 Å². The number of nitrogens with two attached hydrogens (primary N) is 1. The minimum Gasteiger partial charge on any atom is -0.339 e. The number of alkyl halides is 3. The maximum Gasteiger partial charge on any atom is 0.417 e. The maximum absolute atomic E-state index is 12.8. The predicted octanol–water partition coefficient (Wildman–Crippen LogP) is 2.51. The van der Waals surface area contributed by atoms with Gasteiger partial charge in [-0.3, -0.25) is 4.79 Å². The second-order valence-electron chi connectivity index (χ2n) is 4.39. The highest BCUT2D eigenvalue weighted by molar-refractivity contribution is 5.95. The first kappa shape index (κ1) is 15.5. The summed E-state index contributed by atoms with van der Waals surface area (Å²) in [5.74, 6) is -0.645. The Morgan fingerprint density at radius 3 is 2.47 bits per heavy atom. The van der Waals surface area contributed by atoms with Gasteiger partial charge in [0.2, 0.25) is 0 Å². The van der Waals surface area contributed by atoms with E-state index in [1.165, 1.54) is 30.1 Å². The number of hydrogen-bond donors (Lipinski definition) is 1. The zero-order chi connectivity index (χ0) is 14.6. The van der Waals surface area contributed by atoms with Crippen molar-refractivity contribution in [1.29, 1.82) is 0 Å². The van der Waals surface area contributed by atoms with Gasteiger partial charge in [-0.2, -0.15) is 13.2 Å². The van der Waals surface area contributed by atoms with Crippen molar-refractivity contribution in [3.63, 3.8) is 0 Å². The summed E-state index contributed by atoms with van der Waals surface area (Å²) in [4.78, 5) is 13.4. The summed E-state index contributed by atoms with van der Waals surface area (Å²) in [6.07, 6.45) is -4.00. The summed E-state index contributed by atoms with van der Waals surface area (Å²) in [6.45, 7) is 2.13. The maximum atomic E-state index is 12.8. The van der Waals surface area contributed by atoms with Crippen molar-refractivity contribution in [2.45, 2.75) is 25.6 Å². The van der Waals surface area contributed by atoms with E-state index in [-0.39, 0.29) is 11.6 Å². The fourth-order valence-electron chi connectivity index (χ4n) is 1.74. The highest BCUT2D eigenvalue weighted by atomic mass is 19.4. The van der Waals surface area contributed by atoms with Gasteiger partial charge in [-0.25, -0.2) is 0 Å². The van der Waals surface area contributed by atoms with Crippen molar-refractivity contribution in [3.05, 3.63) is 35.4 Å². The Bertz CT molecular complexity index is 446. The van der Waals surface area contributed by atoms with E-state index in [1.54, 1.807) is 6.92 Å². The Morgan fingerprint density at radius 1 is 1.37 bits per heavy atom. The topological polar surface area (TPSA) is 46.3 Å². The number of amides is 1. The van der Waals surface area contributed by atoms with Crippen molar-refractivity contribution in [2.75, 3.05) is 13.6 Å². The van der Waals surface area contributed by atoms with Crippen molar-refractivity contribution in [1.82, 2.24) is 4.90 Å². The van der Waals surface area contributed by atoms with E-state index >= 15 is 0 Å². The predicted molar refractivity (Wildman–Crippen MR) is 66.7 cm³/mol. The lowest BCUT2D eigenvalue weighted by molar-refractivity contribution is -0.138. The van der Waals surface area contributed by atoms with Crippen LogP contribution in [-0.2, 0) is 6.18 Å². The molecule has 0 spiro atoms. The van der Waals surface area contributed by atoms with Gasteiger partial charge in [0.1, 0.15) is 0 Å². The number of carbonyl (C=O) groups excluding carboxylic acids is 1. The van der Waals surface area contributed by atoms with Gasteiger partial charge in [0.25, 0.3) is 5.91 Å². The van der Waals surface area contributed by atoms with Crippen LogP contribution in [0.5, 0.6) is 0 Å². The summed E-state index contributed by atoms with van der Waals surface area (Å²) < 4.78 is 38.5. The molecule has 1 rings (SSSR count). The molecule has 1 aromatic carbocycles. The van der Waals surface area contributed by atoms with Gasteiger partial charge in [-0.15, -0.1) is 0 Å². The molecule has 106 valence electrons. The van der Waals surface area contributed by atoms with E-state index in [0.29, 0.717) is 13.0 Å². The lowest BCUT2D eigenvalue weighted by Gasteiger charge is -2.25. The zero-order valence-corrected chi connectivity index (χ0v) is 10.9. The van der Waals surface area contributed by atoms with Crippen LogP contribution in [0.4, 0.5) is 13.2 Å². The van der Waals surface area contributed by atoms with Crippen LogP contribution in [0.2, 0.25) is 0 Å². The second-order valence-corrected chi connectivity index (χ2v) is 4.39. The fourth-order valence-corrected chi connectivity index (χ4v) is 1.74. The van der Waals surface area contributed by atoms with Gasteiger partial charge in [-0.05, 0) is 32.0 Å². The molecule has 0 fully saturated rings. The molecule has 1 atom stereocenters. The molecule has 0 aliphatic heterocycles. The molecule has 1 amide bonds. The van der Waals surface area contributed by atoms with Gasteiger partial charge in [0, 0.05) is 13.1 Å². The minimum atomic E-state index is -4.54. The van der Waals surface area contributed by atoms with Crippen LogP contribution in [0, 0.1) is 0 Å². The zero-order valence-electron chi connectivity index (χ0n) is 10.9. The molecule has 0 saturated heterocycles. The van der Waals surface area contributed by atoms with Crippen LogP contribution < -0.4 is 5.73 Å². The van der Waals surface area contributed by atoms with E-state index in [9.17, 15) is 18.0 Å². The number of benzene rings is 1. The summed E-state index contributed by atoms with van der Waals surface area (Å²) >= 11 is 0. The van der Waals surface area contributed by atoms with Crippen molar-refractivity contribution >= 4 is 5.91 Å². The lowest BCUT2D eigenvalue weighted by atomic mass is 10.0. The number of rotatable bonds is 4. The van der Waals surface area contributed by atoms with E-state index in [2.05, 4.69) is 0 Å². The van der Waals surface area contributed by atoms with Crippen molar-refractivity contribution in [2.24, 2.45) is 5.73 Å². The van der Waals surface area contributed by atoms with Crippen molar-refractivity contribution < 1.29 is 18.0 Å². The molecule has 2 N–H and O–H groups in total. The number of halogens is 3. The first-order valence-corrected chi connectivity index (χ1v) is 5.92. The molecule has 0 aromatic heterocycles. The monoisotopic (exact) mass is 274 g/mol. The van der Waals surface area contributed by atoms with Crippen LogP contribution >= 0.6 is 0 Å². The lowest BCUT2D eigenvalue weighted by Crippen LogP contribution is -2.37. The summed E-state index contributed by atoms with van der Waals surface area (Å²) in [6, 6.07) is 4.58. The van der Waals surface area contributed by atoms with Crippen LogP contribution in [-0.4, -0.2) is 30.4 Å². The standard InChI is InChI=1S/C13H17F3N2O/c1-9(7-8-17)18(2)12(19)10-5-3-4-6-11(10)13(14,15)16/h3-6,9H,7-8,17H2,1-2H3. The SMILES string of the molecule is CC(CCN)N(C)C(=O)c1ccccc1C(F)(F)F. The highest BCUT2D eigenvalue weighted by Gasteiger charge is 2.35. The number of hydrogen-bond acceptors (Lipinski definition) is 2. The molecule has 0 radical (unpaired) electrons. The Morgan fingerprint density at radius 2 is 1.95 bits per heavy atom. The Kier molecular flexibility index (Phi) is 4.94. The Labute approximate surface area is 110 Å². The number of carbonyl (C=O) groups is 1. The normalized spacial score (nSPS) is 13.2. The number of nitrogens with zero attached hydrogens (tertiary/aromatic N) is 1. The van der Waals surface area contributed by atoms with Gasteiger partial charge in [0.15, 0.2) is 0 Å². The molecule has 1 aromatic rings.